The second kappa shape index (κ2) is 9.25. The molecule has 0 spiro atoms. The summed E-state index contributed by atoms with van der Waals surface area (Å²) in [7, 11) is 0. The maximum atomic E-state index is 12.1. The van der Waals surface area contributed by atoms with E-state index in [0.717, 1.165) is 5.56 Å². The fourth-order valence-corrected chi connectivity index (χ4v) is 2.16. The van der Waals surface area contributed by atoms with Crippen molar-refractivity contribution in [1.29, 1.82) is 5.26 Å². The maximum Gasteiger partial charge on any atom is 0.263 e. The number of halogens is 1. The molecule has 0 heterocycles. The van der Waals surface area contributed by atoms with E-state index in [-0.39, 0.29) is 11.5 Å². The molecule has 3 N–H and O–H groups in total. The first-order valence-electron chi connectivity index (χ1n) is 7.75. The molecule has 0 unspecified atom stereocenters. The Labute approximate surface area is 156 Å². The van der Waals surface area contributed by atoms with E-state index in [4.69, 9.17) is 16.9 Å². The molecular weight excluding hydrogens is 352 g/mol. The third-order valence-electron chi connectivity index (χ3n) is 3.32. The molecule has 0 saturated heterocycles. The van der Waals surface area contributed by atoms with Crippen LogP contribution in [0.15, 0.2) is 60.3 Å². The molecule has 7 heteroatoms. The first-order chi connectivity index (χ1) is 12.5. The van der Waals surface area contributed by atoms with Crippen LogP contribution in [0.5, 0.6) is 0 Å². The number of nitrogens with one attached hydrogen (secondary N) is 3. The van der Waals surface area contributed by atoms with E-state index in [1.165, 1.54) is 13.1 Å². The van der Waals surface area contributed by atoms with Gasteiger partial charge in [-0.05, 0) is 42.0 Å². The highest BCUT2D eigenvalue weighted by Gasteiger charge is 2.08. The molecule has 2 rings (SSSR count). The van der Waals surface area contributed by atoms with Crippen LogP contribution < -0.4 is 16.0 Å². The zero-order valence-electron chi connectivity index (χ0n) is 14.0. The number of rotatable bonds is 6. The van der Waals surface area contributed by atoms with E-state index in [0.29, 0.717) is 22.9 Å². The van der Waals surface area contributed by atoms with Crippen LogP contribution in [-0.4, -0.2) is 11.8 Å². The fourth-order valence-electron chi connectivity index (χ4n) is 2.04. The largest absolute Gasteiger partial charge is 0.360 e. The van der Waals surface area contributed by atoms with Crippen molar-refractivity contribution in [2.24, 2.45) is 0 Å². The predicted molar refractivity (Wildman–Crippen MR) is 101 cm³/mol. The van der Waals surface area contributed by atoms with Gasteiger partial charge in [-0.1, -0.05) is 23.7 Å². The number of anilines is 2. The molecule has 0 atom stereocenters. The summed E-state index contributed by atoms with van der Waals surface area (Å²) in [5, 5.41) is 18.0. The number of nitriles is 1. The SMILES string of the molecule is CC(=O)Nc1ccc(N/C=C(/C#N)C(=O)NCc2ccc(Cl)cc2)cc1. The smallest absolute Gasteiger partial charge is 0.263 e. The molecule has 0 aliphatic carbocycles. The van der Waals surface area contributed by atoms with E-state index in [9.17, 15) is 9.59 Å². The van der Waals surface area contributed by atoms with Crippen LogP contribution in [0, 0.1) is 11.3 Å². The zero-order chi connectivity index (χ0) is 18.9. The van der Waals surface area contributed by atoms with Gasteiger partial charge in [0.25, 0.3) is 5.91 Å². The number of carbonyl (C=O) groups is 2. The van der Waals surface area contributed by atoms with Gasteiger partial charge in [-0.25, -0.2) is 0 Å². The number of hydrogen-bond acceptors (Lipinski definition) is 4. The Morgan fingerprint density at radius 1 is 1.08 bits per heavy atom. The lowest BCUT2D eigenvalue weighted by atomic mass is 10.2. The number of carbonyl (C=O) groups excluding carboxylic acids is 2. The van der Waals surface area contributed by atoms with Gasteiger partial charge in [0.15, 0.2) is 0 Å². The molecule has 0 aliphatic rings. The van der Waals surface area contributed by atoms with E-state index in [1.54, 1.807) is 48.5 Å². The minimum atomic E-state index is -0.482. The summed E-state index contributed by atoms with van der Waals surface area (Å²) in [5.74, 6) is -0.639. The Morgan fingerprint density at radius 2 is 1.69 bits per heavy atom. The first-order valence-corrected chi connectivity index (χ1v) is 8.13. The lowest BCUT2D eigenvalue weighted by molar-refractivity contribution is -0.117. The van der Waals surface area contributed by atoms with Crippen molar-refractivity contribution in [1.82, 2.24) is 5.32 Å². The summed E-state index contributed by atoms with van der Waals surface area (Å²) in [5.41, 5.74) is 2.16. The van der Waals surface area contributed by atoms with Crippen LogP contribution in [0.3, 0.4) is 0 Å². The predicted octanol–water partition coefficient (Wildman–Crippen LogP) is 3.43. The van der Waals surface area contributed by atoms with Gasteiger partial charge in [-0.15, -0.1) is 0 Å². The van der Waals surface area contributed by atoms with Gasteiger partial charge in [0, 0.05) is 36.1 Å². The van der Waals surface area contributed by atoms with Crippen LogP contribution in [-0.2, 0) is 16.1 Å². The van der Waals surface area contributed by atoms with Crippen molar-refractivity contribution in [3.05, 3.63) is 70.9 Å². The lowest BCUT2D eigenvalue weighted by Gasteiger charge is -2.06. The summed E-state index contributed by atoms with van der Waals surface area (Å²) >= 11 is 5.81. The van der Waals surface area contributed by atoms with E-state index < -0.39 is 5.91 Å². The topological polar surface area (TPSA) is 94.0 Å². The molecular formula is C19H17ClN4O2. The van der Waals surface area contributed by atoms with Gasteiger partial charge in [0.1, 0.15) is 11.6 Å². The number of hydrogen-bond donors (Lipinski definition) is 3. The van der Waals surface area contributed by atoms with E-state index in [1.807, 2.05) is 6.07 Å². The minimum Gasteiger partial charge on any atom is -0.360 e. The van der Waals surface area contributed by atoms with Gasteiger partial charge >= 0.3 is 0 Å². The van der Waals surface area contributed by atoms with Crippen molar-refractivity contribution >= 4 is 34.8 Å². The molecule has 0 aromatic heterocycles. The normalized spacial score (nSPS) is 10.6. The fraction of sp³-hybridized carbons (Fsp3) is 0.105. The van der Waals surface area contributed by atoms with Crippen molar-refractivity contribution in [3.8, 4) is 6.07 Å². The molecule has 2 amide bonds. The summed E-state index contributed by atoms with van der Waals surface area (Å²) in [6, 6.07) is 15.8. The zero-order valence-corrected chi connectivity index (χ0v) is 14.8. The van der Waals surface area contributed by atoms with Gasteiger partial charge in [0.05, 0.1) is 0 Å². The molecule has 0 saturated carbocycles. The Hall–Kier alpha value is -3.30. The Bertz CT molecular complexity index is 853. The average Bonchev–Trinajstić information content (AvgIpc) is 2.62. The Balaban J connectivity index is 1.94. The third kappa shape index (κ3) is 5.96. The average molecular weight is 369 g/mol. The number of nitrogens with zero attached hydrogens (tertiary/aromatic N) is 1. The number of amides is 2. The molecule has 2 aromatic rings. The van der Waals surface area contributed by atoms with Crippen LogP contribution in [0.1, 0.15) is 12.5 Å². The van der Waals surface area contributed by atoms with Crippen molar-refractivity contribution in [3.63, 3.8) is 0 Å². The monoisotopic (exact) mass is 368 g/mol. The molecule has 2 aromatic carbocycles. The van der Waals surface area contributed by atoms with Crippen LogP contribution >= 0.6 is 11.6 Å². The lowest BCUT2D eigenvalue weighted by Crippen LogP contribution is -2.24. The molecule has 0 aliphatic heterocycles. The van der Waals surface area contributed by atoms with E-state index >= 15 is 0 Å². The van der Waals surface area contributed by atoms with Crippen LogP contribution in [0.4, 0.5) is 11.4 Å². The molecule has 0 fully saturated rings. The second-order valence-electron chi connectivity index (χ2n) is 5.38. The summed E-state index contributed by atoms with van der Waals surface area (Å²) in [6.07, 6.45) is 1.34. The standard InChI is InChI=1S/C19H17ClN4O2/c1-13(25)24-18-8-6-17(7-9-18)22-12-15(10-21)19(26)23-11-14-2-4-16(20)5-3-14/h2-9,12,22H,11H2,1H3,(H,23,26)(H,24,25)/b15-12-. The maximum absolute atomic E-state index is 12.1. The van der Waals surface area contributed by atoms with E-state index in [2.05, 4.69) is 16.0 Å². The van der Waals surface area contributed by atoms with Gasteiger partial charge < -0.3 is 16.0 Å². The molecule has 132 valence electrons. The number of benzene rings is 2. The molecule has 0 bridgehead atoms. The second-order valence-corrected chi connectivity index (χ2v) is 5.82. The molecule has 26 heavy (non-hydrogen) atoms. The van der Waals surface area contributed by atoms with Gasteiger partial charge in [0.2, 0.25) is 5.91 Å². The first kappa shape index (κ1) is 19.0. The van der Waals surface area contributed by atoms with Crippen molar-refractivity contribution in [2.75, 3.05) is 10.6 Å². The summed E-state index contributed by atoms with van der Waals surface area (Å²) in [4.78, 5) is 23.1. The van der Waals surface area contributed by atoms with Crippen molar-refractivity contribution < 1.29 is 9.59 Å². The molecule has 6 nitrogen and oxygen atoms in total. The highest BCUT2D eigenvalue weighted by Crippen LogP contribution is 2.14. The van der Waals surface area contributed by atoms with Crippen LogP contribution in [0.25, 0.3) is 0 Å². The highest BCUT2D eigenvalue weighted by molar-refractivity contribution is 6.30. The van der Waals surface area contributed by atoms with Gasteiger partial charge in [-0.2, -0.15) is 5.26 Å². The third-order valence-corrected chi connectivity index (χ3v) is 3.57. The highest BCUT2D eigenvalue weighted by atomic mass is 35.5. The van der Waals surface area contributed by atoms with Crippen molar-refractivity contribution in [2.45, 2.75) is 13.5 Å². The molecule has 0 radical (unpaired) electrons. The van der Waals surface area contributed by atoms with Crippen LogP contribution in [0.2, 0.25) is 5.02 Å². The Morgan fingerprint density at radius 3 is 2.27 bits per heavy atom. The summed E-state index contributed by atoms with van der Waals surface area (Å²) in [6.45, 7) is 1.72. The summed E-state index contributed by atoms with van der Waals surface area (Å²) < 4.78 is 0. The van der Waals surface area contributed by atoms with Gasteiger partial charge in [-0.3, -0.25) is 9.59 Å². The quantitative estimate of drug-likeness (QED) is 0.537. The Kier molecular flexibility index (Phi) is 6.77. The minimum absolute atomic E-state index is 0.0510.